The Morgan fingerprint density at radius 3 is 1.90 bits per heavy atom. The van der Waals surface area contributed by atoms with Crippen molar-refractivity contribution in [3.63, 3.8) is 0 Å². The highest BCUT2D eigenvalue weighted by Gasteiger charge is 2.33. The van der Waals surface area contributed by atoms with E-state index in [1.54, 1.807) is 0 Å². The predicted octanol–water partition coefficient (Wildman–Crippen LogP) is 0.900. The van der Waals surface area contributed by atoms with Crippen LogP contribution in [0.4, 0.5) is 0 Å². The van der Waals surface area contributed by atoms with Crippen LogP contribution in [0.15, 0.2) is 0 Å². The molecule has 1 N–H and O–H groups in total. The molecule has 0 aromatic rings. The normalized spacial score (nSPS) is 18.9. The highest BCUT2D eigenvalue weighted by molar-refractivity contribution is 6.44. The van der Waals surface area contributed by atoms with Gasteiger partial charge in [-0.25, -0.2) is 0 Å². The Bertz CT molecular complexity index is 107. The van der Waals surface area contributed by atoms with Gasteiger partial charge in [-0.2, -0.15) is 0 Å². The van der Waals surface area contributed by atoms with Crippen LogP contribution in [0, 0.1) is 5.41 Å². The fraction of sp³-hybridized carbons (Fsp3) is 1.00. The second-order valence-corrected chi connectivity index (χ2v) is 6.67. The van der Waals surface area contributed by atoms with E-state index in [1.165, 1.54) is 0 Å². The minimum absolute atomic E-state index is 0.151. The lowest BCUT2D eigenvalue weighted by Gasteiger charge is -2.37. The Kier molecular flexibility index (Phi) is 3.39. The van der Waals surface area contributed by atoms with Crippen LogP contribution in [0.5, 0.6) is 0 Å². The lowest BCUT2D eigenvalue weighted by Crippen LogP contribution is -2.50. The molecule has 0 bridgehead atoms. The van der Waals surface area contributed by atoms with E-state index in [1.807, 2.05) is 0 Å². The first-order valence-corrected chi connectivity index (χ1v) is 5.13. The summed E-state index contributed by atoms with van der Waals surface area (Å²) in [6, 6.07) is 0. The molecule has 0 rings (SSSR count). The van der Waals surface area contributed by atoms with E-state index in [0.717, 1.165) is 16.8 Å². The average molecular weight is 180 g/mol. The molecule has 0 heterocycles. The molecule has 0 aromatic heterocycles. The third-order valence-electron chi connectivity index (χ3n) is 1.92. The zero-order valence-electron chi connectivity index (χ0n) is 7.59. The summed E-state index contributed by atoms with van der Waals surface area (Å²) >= 11 is 6.26. The number of halogens is 1. The van der Waals surface area contributed by atoms with Crippen molar-refractivity contribution in [2.45, 2.75) is 32.3 Å². The Balaban J connectivity index is 4.10. The maximum atomic E-state index is 6.26. The first-order valence-electron chi connectivity index (χ1n) is 3.75. The topological polar surface area (TPSA) is 12.0 Å². The second-order valence-electron chi connectivity index (χ2n) is 3.78. The number of alkyl halides is 1. The van der Waals surface area contributed by atoms with E-state index in [-0.39, 0.29) is 10.0 Å². The highest BCUT2D eigenvalue weighted by atomic mass is 35.5. The molecule has 0 saturated carbocycles. The summed E-state index contributed by atoms with van der Waals surface area (Å²) in [5.74, 6) is 0. The molecule has 62 valence electrons. The van der Waals surface area contributed by atoms with E-state index in [0.29, 0.717) is 0 Å². The van der Waals surface area contributed by atoms with Gasteiger partial charge in [-0.3, -0.25) is 0 Å². The van der Waals surface area contributed by atoms with Crippen LogP contribution in [0.3, 0.4) is 0 Å². The fourth-order valence-electron chi connectivity index (χ4n) is 0.597. The molecule has 0 fully saturated rings. The molecule has 1 atom stereocenters. The van der Waals surface area contributed by atoms with Crippen molar-refractivity contribution in [2.24, 2.45) is 5.41 Å². The van der Waals surface area contributed by atoms with Crippen LogP contribution >= 0.6 is 11.6 Å². The molecule has 3 heteroatoms. The average Bonchev–Trinajstić information content (AvgIpc) is 1.61. The van der Waals surface area contributed by atoms with Gasteiger partial charge < -0.3 is 5.32 Å². The van der Waals surface area contributed by atoms with E-state index in [2.05, 4.69) is 33.0 Å². The lowest BCUT2D eigenvalue weighted by atomic mass is 9.96. The maximum Gasteiger partial charge on any atom is 0.0772 e. The molecule has 0 amide bonds. The Labute approximate surface area is 72.0 Å². The van der Waals surface area contributed by atoms with Gasteiger partial charge in [0, 0.05) is 10.2 Å². The third kappa shape index (κ3) is 2.60. The molecule has 0 aliphatic rings. The van der Waals surface area contributed by atoms with Crippen LogP contribution in [-0.2, 0) is 0 Å². The smallest absolute Gasteiger partial charge is 0.0772 e. The molecular formula is C7H18ClNSi. The van der Waals surface area contributed by atoms with E-state index in [4.69, 9.17) is 11.6 Å². The van der Waals surface area contributed by atoms with Gasteiger partial charge in [0.25, 0.3) is 0 Å². The van der Waals surface area contributed by atoms with Crippen molar-refractivity contribution in [1.82, 2.24) is 5.32 Å². The highest BCUT2D eigenvalue weighted by Crippen LogP contribution is 2.30. The minimum atomic E-state index is -0.151. The van der Waals surface area contributed by atoms with Crippen LogP contribution in [0.2, 0.25) is 0 Å². The first kappa shape index (κ1) is 10.5. The quantitative estimate of drug-likeness (QED) is 0.378. The minimum Gasteiger partial charge on any atom is -0.302 e. The fourth-order valence-corrected chi connectivity index (χ4v) is 1.08. The molecular weight excluding hydrogens is 162 g/mol. The number of rotatable bonds is 2. The summed E-state index contributed by atoms with van der Waals surface area (Å²) in [7, 11) is 0.971. The van der Waals surface area contributed by atoms with Crippen LogP contribution in [0.25, 0.3) is 0 Å². The molecule has 0 spiro atoms. The van der Waals surface area contributed by atoms with Gasteiger partial charge in [0.2, 0.25) is 0 Å². The van der Waals surface area contributed by atoms with E-state index >= 15 is 0 Å². The summed E-state index contributed by atoms with van der Waals surface area (Å²) in [6.45, 7) is 9.52. The van der Waals surface area contributed by atoms with Crippen molar-refractivity contribution in [3.05, 3.63) is 0 Å². The van der Waals surface area contributed by atoms with Crippen molar-refractivity contribution in [2.75, 3.05) is 6.54 Å². The molecule has 1 nitrogen and oxygen atoms in total. The maximum absolute atomic E-state index is 6.26. The second kappa shape index (κ2) is 3.24. The standard InChI is InChI=1S/C7H18ClNSi/c1-5-9-7(8,10)6(2,3)4/h9H,5H2,1-4,10H3. The summed E-state index contributed by atoms with van der Waals surface area (Å²) in [6.07, 6.45) is 0. The van der Waals surface area contributed by atoms with Crippen LogP contribution < -0.4 is 5.32 Å². The monoisotopic (exact) mass is 179 g/mol. The zero-order chi connectivity index (χ0) is 8.41. The molecule has 0 aromatic carbocycles. The number of hydrogen-bond acceptors (Lipinski definition) is 1. The van der Waals surface area contributed by atoms with Gasteiger partial charge >= 0.3 is 0 Å². The number of nitrogens with one attached hydrogen (secondary N) is 1. The molecule has 0 aliphatic carbocycles. The summed E-state index contributed by atoms with van der Waals surface area (Å²) in [5, 5.41) is 3.29. The van der Waals surface area contributed by atoms with Gasteiger partial charge in [0.05, 0.1) is 4.62 Å². The Hall–Kier alpha value is 0.467. The first-order chi connectivity index (χ1) is 4.31. The lowest BCUT2D eigenvalue weighted by molar-refractivity contribution is 0.311. The Morgan fingerprint density at radius 2 is 1.80 bits per heavy atom. The van der Waals surface area contributed by atoms with Gasteiger partial charge in [-0.1, -0.05) is 27.7 Å². The van der Waals surface area contributed by atoms with Crippen LogP contribution in [0.1, 0.15) is 27.7 Å². The van der Waals surface area contributed by atoms with E-state index < -0.39 is 0 Å². The number of hydrogen-bond donors (Lipinski definition) is 1. The van der Waals surface area contributed by atoms with Crippen molar-refractivity contribution >= 4 is 21.8 Å². The van der Waals surface area contributed by atoms with E-state index in [9.17, 15) is 0 Å². The van der Waals surface area contributed by atoms with Gasteiger partial charge in [0.1, 0.15) is 0 Å². The summed E-state index contributed by atoms with van der Waals surface area (Å²) in [4.78, 5) is 0. The predicted molar refractivity (Wildman–Crippen MR) is 51.7 cm³/mol. The molecule has 0 aliphatic heterocycles. The third-order valence-corrected chi connectivity index (χ3v) is 4.47. The van der Waals surface area contributed by atoms with Crippen molar-refractivity contribution in [1.29, 1.82) is 0 Å². The molecule has 0 radical (unpaired) electrons. The van der Waals surface area contributed by atoms with Crippen molar-refractivity contribution in [3.8, 4) is 0 Å². The van der Waals surface area contributed by atoms with Crippen molar-refractivity contribution < 1.29 is 0 Å². The van der Waals surface area contributed by atoms with Crippen LogP contribution in [-0.4, -0.2) is 21.4 Å². The summed E-state index contributed by atoms with van der Waals surface area (Å²) in [5.41, 5.74) is 0.163. The molecule has 1 unspecified atom stereocenters. The summed E-state index contributed by atoms with van der Waals surface area (Å²) < 4.78 is -0.151. The zero-order valence-corrected chi connectivity index (χ0v) is 10.3. The Morgan fingerprint density at radius 1 is 1.40 bits per heavy atom. The molecule has 10 heavy (non-hydrogen) atoms. The molecule has 0 saturated heterocycles. The SMILES string of the molecule is CCNC([SiH3])(Cl)C(C)(C)C. The largest absolute Gasteiger partial charge is 0.302 e. The van der Waals surface area contributed by atoms with Gasteiger partial charge in [0.15, 0.2) is 0 Å². The van der Waals surface area contributed by atoms with Gasteiger partial charge in [-0.15, -0.1) is 11.6 Å². The van der Waals surface area contributed by atoms with Gasteiger partial charge in [-0.05, 0) is 12.0 Å².